The molecule has 3 aromatic rings. The molecule has 0 unspecified atom stereocenters. The Morgan fingerprint density at radius 3 is 2.33 bits per heavy atom. The van der Waals surface area contributed by atoms with Gasteiger partial charge in [-0.15, -0.1) is 0 Å². The zero-order valence-corrected chi connectivity index (χ0v) is 16.4. The summed E-state index contributed by atoms with van der Waals surface area (Å²) >= 11 is 0. The van der Waals surface area contributed by atoms with Crippen molar-refractivity contribution in [3.05, 3.63) is 72.0 Å². The standard InChI is InChI=1S/C20H16F4N2O3S/c1-26(30(28,29)16-8-6-13-4-2-3-5-14(13)10-16)12-19(27)25-15-7-9-18(21)17(11-15)20(22,23)24/h2-11H,12H2,1H3,(H,25,27). The average Bonchev–Trinajstić information content (AvgIpc) is 2.68. The normalized spacial score (nSPS) is 12.3. The van der Waals surface area contributed by atoms with Gasteiger partial charge in [0.25, 0.3) is 0 Å². The molecule has 0 aliphatic heterocycles. The molecule has 158 valence electrons. The van der Waals surface area contributed by atoms with Crippen LogP contribution >= 0.6 is 0 Å². The van der Waals surface area contributed by atoms with Crippen LogP contribution in [0.2, 0.25) is 0 Å². The number of likely N-dealkylation sites (N-methyl/N-ethyl adjacent to an activating group) is 1. The fraction of sp³-hybridized carbons (Fsp3) is 0.150. The van der Waals surface area contributed by atoms with E-state index in [0.717, 1.165) is 15.8 Å². The molecule has 0 fully saturated rings. The summed E-state index contributed by atoms with van der Waals surface area (Å²) in [5.41, 5.74) is -1.83. The lowest BCUT2D eigenvalue weighted by Crippen LogP contribution is -2.35. The predicted octanol–water partition coefficient (Wildman–Crippen LogP) is 4.26. The third-order valence-corrected chi connectivity index (χ3v) is 6.15. The summed E-state index contributed by atoms with van der Waals surface area (Å²) < 4.78 is 78.0. The maximum atomic E-state index is 13.3. The molecule has 1 N–H and O–H groups in total. The Hall–Kier alpha value is -2.98. The highest BCUT2D eigenvalue weighted by Crippen LogP contribution is 2.33. The fourth-order valence-corrected chi connectivity index (χ4v) is 3.98. The van der Waals surface area contributed by atoms with E-state index in [2.05, 4.69) is 5.32 Å². The second kappa shape index (κ2) is 8.04. The van der Waals surface area contributed by atoms with E-state index in [1.807, 2.05) is 12.1 Å². The third-order valence-electron chi connectivity index (χ3n) is 4.35. The van der Waals surface area contributed by atoms with Crippen LogP contribution in [0.3, 0.4) is 0 Å². The molecule has 0 aliphatic carbocycles. The molecule has 0 saturated carbocycles. The van der Waals surface area contributed by atoms with Gasteiger partial charge in [0.2, 0.25) is 15.9 Å². The van der Waals surface area contributed by atoms with Crippen LogP contribution in [0.15, 0.2) is 65.6 Å². The van der Waals surface area contributed by atoms with Crippen LogP contribution in [-0.2, 0) is 21.0 Å². The van der Waals surface area contributed by atoms with Crippen molar-refractivity contribution in [3.8, 4) is 0 Å². The second-order valence-corrected chi connectivity index (χ2v) is 8.56. The summed E-state index contributed by atoms with van der Waals surface area (Å²) in [6.45, 7) is -0.645. The Labute approximate surface area is 170 Å². The maximum Gasteiger partial charge on any atom is 0.419 e. The van der Waals surface area contributed by atoms with Crippen LogP contribution in [0.4, 0.5) is 23.2 Å². The zero-order chi connectivity index (χ0) is 22.1. The topological polar surface area (TPSA) is 66.5 Å². The molecule has 0 atom stereocenters. The minimum atomic E-state index is -4.93. The van der Waals surface area contributed by atoms with Gasteiger partial charge in [-0.05, 0) is 41.1 Å². The summed E-state index contributed by atoms with van der Waals surface area (Å²) in [7, 11) is -2.85. The number of nitrogens with zero attached hydrogens (tertiary/aromatic N) is 1. The number of rotatable bonds is 5. The number of halogens is 4. The number of alkyl halides is 3. The first-order valence-electron chi connectivity index (χ1n) is 8.60. The van der Waals surface area contributed by atoms with E-state index < -0.39 is 40.0 Å². The Bertz CT molecular complexity index is 1210. The van der Waals surface area contributed by atoms with E-state index in [1.165, 1.54) is 19.2 Å². The van der Waals surface area contributed by atoms with Gasteiger partial charge >= 0.3 is 6.18 Å². The number of hydrogen-bond acceptors (Lipinski definition) is 3. The quantitative estimate of drug-likeness (QED) is 0.603. The molecule has 0 spiro atoms. The third kappa shape index (κ3) is 4.60. The second-order valence-electron chi connectivity index (χ2n) is 6.51. The lowest BCUT2D eigenvalue weighted by atomic mass is 10.1. The molecule has 10 heteroatoms. The predicted molar refractivity (Wildman–Crippen MR) is 104 cm³/mol. The van der Waals surface area contributed by atoms with Crippen LogP contribution in [0.1, 0.15) is 5.56 Å². The number of fused-ring (bicyclic) bond motifs is 1. The molecule has 0 radical (unpaired) electrons. The minimum Gasteiger partial charge on any atom is -0.325 e. The number of sulfonamides is 1. The number of nitrogens with one attached hydrogen (secondary N) is 1. The van der Waals surface area contributed by atoms with E-state index in [1.54, 1.807) is 18.2 Å². The molecular weight excluding hydrogens is 424 g/mol. The van der Waals surface area contributed by atoms with E-state index in [4.69, 9.17) is 0 Å². The summed E-state index contributed by atoms with van der Waals surface area (Å²) in [5, 5.41) is 3.69. The van der Waals surface area contributed by atoms with Crippen LogP contribution in [0, 0.1) is 5.82 Å². The smallest absolute Gasteiger partial charge is 0.325 e. The van der Waals surface area contributed by atoms with E-state index in [9.17, 15) is 30.8 Å². The lowest BCUT2D eigenvalue weighted by molar-refractivity contribution is -0.140. The summed E-state index contributed by atoms with van der Waals surface area (Å²) in [5.74, 6) is -2.35. The minimum absolute atomic E-state index is 0.0300. The summed E-state index contributed by atoms with van der Waals surface area (Å²) in [4.78, 5) is 12.1. The SMILES string of the molecule is CN(CC(=O)Nc1ccc(F)c(C(F)(F)F)c1)S(=O)(=O)c1ccc2ccccc2c1. The van der Waals surface area contributed by atoms with Gasteiger partial charge in [0.05, 0.1) is 17.0 Å². The molecule has 0 heterocycles. The van der Waals surface area contributed by atoms with Gasteiger partial charge in [0, 0.05) is 12.7 Å². The first-order valence-corrected chi connectivity index (χ1v) is 10.0. The van der Waals surface area contributed by atoms with Crippen molar-refractivity contribution in [1.82, 2.24) is 4.31 Å². The highest BCUT2D eigenvalue weighted by Gasteiger charge is 2.34. The van der Waals surface area contributed by atoms with Crippen LogP contribution in [0.25, 0.3) is 10.8 Å². The van der Waals surface area contributed by atoms with Crippen molar-refractivity contribution in [2.75, 3.05) is 18.9 Å². The average molecular weight is 440 g/mol. The lowest BCUT2D eigenvalue weighted by Gasteiger charge is -2.17. The Kier molecular flexibility index (Phi) is 5.82. The van der Waals surface area contributed by atoms with Gasteiger partial charge in [-0.25, -0.2) is 12.8 Å². The van der Waals surface area contributed by atoms with Crippen molar-refractivity contribution in [3.63, 3.8) is 0 Å². The van der Waals surface area contributed by atoms with Crippen molar-refractivity contribution in [2.24, 2.45) is 0 Å². The number of amides is 1. The molecule has 3 aromatic carbocycles. The molecule has 30 heavy (non-hydrogen) atoms. The van der Waals surface area contributed by atoms with Gasteiger partial charge in [-0.2, -0.15) is 17.5 Å². The molecule has 0 saturated heterocycles. The highest BCUT2D eigenvalue weighted by atomic mass is 32.2. The van der Waals surface area contributed by atoms with E-state index in [0.29, 0.717) is 17.5 Å². The zero-order valence-electron chi connectivity index (χ0n) is 15.6. The Morgan fingerprint density at radius 1 is 1.00 bits per heavy atom. The van der Waals surface area contributed by atoms with Gasteiger partial charge in [-0.1, -0.05) is 30.3 Å². The highest BCUT2D eigenvalue weighted by molar-refractivity contribution is 7.89. The first-order chi connectivity index (χ1) is 14.0. The molecule has 5 nitrogen and oxygen atoms in total. The molecule has 0 aromatic heterocycles. The maximum absolute atomic E-state index is 13.3. The monoisotopic (exact) mass is 440 g/mol. The van der Waals surface area contributed by atoms with Crippen LogP contribution in [-0.4, -0.2) is 32.2 Å². The Morgan fingerprint density at radius 2 is 1.67 bits per heavy atom. The van der Waals surface area contributed by atoms with E-state index in [-0.39, 0.29) is 10.6 Å². The van der Waals surface area contributed by atoms with Crippen molar-refractivity contribution in [1.29, 1.82) is 0 Å². The van der Waals surface area contributed by atoms with Gasteiger partial charge in [0.1, 0.15) is 5.82 Å². The molecular formula is C20H16F4N2O3S. The van der Waals surface area contributed by atoms with Crippen molar-refractivity contribution >= 4 is 32.4 Å². The van der Waals surface area contributed by atoms with Crippen LogP contribution < -0.4 is 5.32 Å². The molecule has 0 bridgehead atoms. The van der Waals surface area contributed by atoms with Gasteiger partial charge < -0.3 is 5.32 Å². The number of carbonyl (C=O) groups excluding carboxylic acids is 1. The molecule has 0 aliphatic rings. The van der Waals surface area contributed by atoms with Gasteiger partial charge in [0.15, 0.2) is 0 Å². The first kappa shape index (κ1) is 21.7. The number of benzene rings is 3. The molecule has 3 rings (SSSR count). The summed E-state index contributed by atoms with van der Waals surface area (Å²) in [6, 6.07) is 13.6. The van der Waals surface area contributed by atoms with Crippen molar-refractivity contribution < 1.29 is 30.8 Å². The number of hydrogen-bond donors (Lipinski definition) is 1. The van der Waals surface area contributed by atoms with E-state index >= 15 is 0 Å². The molecule has 1 amide bonds. The summed E-state index contributed by atoms with van der Waals surface area (Å²) in [6.07, 6.45) is -4.93. The largest absolute Gasteiger partial charge is 0.419 e. The van der Waals surface area contributed by atoms with Crippen LogP contribution in [0.5, 0.6) is 0 Å². The van der Waals surface area contributed by atoms with Gasteiger partial charge in [-0.3, -0.25) is 4.79 Å². The number of carbonyl (C=O) groups is 1. The fourth-order valence-electron chi connectivity index (χ4n) is 2.82. The number of anilines is 1. The Balaban J connectivity index is 1.76. The van der Waals surface area contributed by atoms with Crippen molar-refractivity contribution in [2.45, 2.75) is 11.1 Å².